The first kappa shape index (κ1) is 22.5. The molecule has 0 spiro atoms. The van der Waals surface area contributed by atoms with Crippen molar-refractivity contribution in [2.75, 3.05) is 40.6 Å². The fourth-order valence-corrected chi connectivity index (χ4v) is 1.83. The molecule has 10 heteroatoms. The number of rotatable bonds is 13. The summed E-state index contributed by atoms with van der Waals surface area (Å²) in [6.45, 7) is 3.05. The Morgan fingerprint density at radius 1 is 0.840 bits per heavy atom. The van der Waals surface area contributed by atoms with Crippen LogP contribution >= 0.6 is 0 Å². The summed E-state index contributed by atoms with van der Waals surface area (Å²) in [4.78, 5) is 46.7. The quantitative estimate of drug-likeness (QED) is 0.258. The minimum Gasteiger partial charge on any atom is -0.481 e. The second kappa shape index (κ2) is 11.2. The minimum absolute atomic E-state index is 0.0742. The number of carbonyl (C=O) groups excluding carboxylic acids is 2. The molecule has 0 bridgehead atoms. The van der Waals surface area contributed by atoms with Crippen LogP contribution in [0.2, 0.25) is 0 Å². The van der Waals surface area contributed by atoms with E-state index >= 15 is 0 Å². The fraction of sp³-hybridized carbons (Fsp3) is 0.600. The van der Waals surface area contributed by atoms with Gasteiger partial charge in [-0.25, -0.2) is 4.79 Å². The van der Waals surface area contributed by atoms with E-state index in [-0.39, 0.29) is 26.4 Å². The lowest BCUT2D eigenvalue weighted by molar-refractivity contribution is -0.163. The Labute approximate surface area is 144 Å². The highest BCUT2D eigenvalue weighted by atomic mass is 16.6. The molecule has 0 aromatic heterocycles. The van der Waals surface area contributed by atoms with Crippen LogP contribution in [0, 0.1) is 5.41 Å². The Bertz CT molecular complexity index is 486. The lowest BCUT2D eigenvalue weighted by Crippen LogP contribution is -2.41. The minimum atomic E-state index is -2.39. The van der Waals surface area contributed by atoms with E-state index in [0.717, 1.165) is 0 Å². The van der Waals surface area contributed by atoms with Gasteiger partial charge in [0, 0.05) is 19.8 Å². The number of carboxylic acids is 2. The first-order valence-electron chi connectivity index (χ1n) is 7.16. The van der Waals surface area contributed by atoms with Gasteiger partial charge in [-0.15, -0.1) is 0 Å². The molecule has 10 nitrogen and oxygen atoms in total. The van der Waals surface area contributed by atoms with E-state index < -0.39 is 47.7 Å². The summed E-state index contributed by atoms with van der Waals surface area (Å²) in [6.07, 6.45) is -1.78. The highest BCUT2D eigenvalue weighted by Gasteiger charge is 2.49. The molecule has 142 valence electrons. The summed E-state index contributed by atoms with van der Waals surface area (Å²) in [7, 11) is 2.75. The van der Waals surface area contributed by atoms with E-state index in [0.29, 0.717) is 0 Å². The van der Waals surface area contributed by atoms with Crippen LogP contribution in [0.15, 0.2) is 12.2 Å². The maximum atomic E-state index is 11.9. The van der Waals surface area contributed by atoms with Gasteiger partial charge >= 0.3 is 23.9 Å². The van der Waals surface area contributed by atoms with Crippen LogP contribution in [0.25, 0.3) is 0 Å². The van der Waals surface area contributed by atoms with Crippen molar-refractivity contribution in [1.82, 2.24) is 0 Å². The van der Waals surface area contributed by atoms with Gasteiger partial charge in [0.25, 0.3) is 0 Å². The average molecular weight is 362 g/mol. The summed E-state index contributed by atoms with van der Waals surface area (Å²) in [5, 5.41) is 18.6. The number of hydrogen-bond acceptors (Lipinski definition) is 8. The van der Waals surface area contributed by atoms with Gasteiger partial charge in [-0.3, -0.25) is 14.4 Å². The van der Waals surface area contributed by atoms with Gasteiger partial charge in [0.1, 0.15) is 18.6 Å². The summed E-state index contributed by atoms with van der Waals surface area (Å²) in [6, 6.07) is 0. The zero-order chi connectivity index (χ0) is 19.5. The smallest absolute Gasteiger partial charge is 0.332 e. The molecule has 0 rings (SSSR count). The molecule has 0 saturated carbocycles. The number of esters is 2. The second-order valence-electron chi connectivity index (χ2n) is 4.95. The molecule has 0 aromatic carbocycles. The highest BCUT2D eigenvalue weighted by molar-refractivity contribution is 6.00. The van der Waals surface area contributed by atoms with Crippen LogP contribution in [0.3, 0.4) is 0 Å². The fourth-order valence-electron chi connectivity index (χ4n) is 1.83. The van der Waals surface area contributed by atoms with E-state index in [2.05, 4.69) is 16.1 Å². The molecule has 0 atom stereocenters. The molecule has 0 aliphatic rings. The number of carbonyl (C=O) groups is 4. The van der Waals surface area contributed by atoms with Crippen LogP contribution in [-0.2, 0) is 38.1 Å². The first-order valence-corrected chi connectivity index (χ1v) is 7.16. The van der Waals surface area contributed by atoms with Crippen molar-refractivity contribution < 1.29 is 48.3 Å². The Morgan fingerprint density at radius 2 is 1.24 bits per heavy atom. The third kappa shape index (κ3) is 7.31. The van der Waals surface area contributed by atoms with Crippen molar-refractivity contribution >= 4 is 23.9 Å². The molecule has 0 saturated heterocycles. The molecule has 0 unspecified atom stereocenters. The molecular weight excluding hydrogens is 340 g/mol. The molecule has 0 aromatic rings. The molecule has 0 heterocycles. The summed E-state index contributed by atoms with van der Waals surface area (Å²) < 4.78 is 18.9. The maximum absolute atomic E-state index is 11.9. The predicted molar refractivity (Wildman–Crippen MR) is 81.7 cm³/mol. The highest BCUT2D eigenvalue weighted by Crippen LogP contribution is 2.36. The second-order valence-corrected chi connectivity index (χ2v) is 4.95. The van der Waals surface area contributed by atoms with Gasteiger partial charge in [-0.05, 0) is 0 Å². The Balaban J connectivity index is 5.35. The van der Waals surface area contributed by atoms with Gasteiger partial charge in [0.2, 0.25) is 0 Å². The standard InChI is InChI=1S/C15H22O10/c1-10(13(18)19)15(14(20)21,8-11(16)24-6-4-22-2)9-12(17)25-7-5-23-3/h1,4-9H2,2-3H3,(H,18,19)(H,20,21). The monoisotopic (exact) mass is 362 g/mol. The largest absolute Gasteiger partial charge is 0.481 e. The molecule has 25 heavy (non-hydrogen) atoms. The number of aliphatic carboxylic acids is 2. The zero-order valence-corrected chi connectivity index (χ0v) is 14.1. The first-order chi connectivity index (χ1) is 11.7. The van der Waals surface area contributed by atoms with Gasteiger partial charge in [-0.1, -0.05) is 6.58 Å². The average Bonchev–Trinajstić information content (AvgIpc) is 2.53. The Morgan fingerprint density at radius 3 is 1.52 bits per heavy atom. The van der Waals surface area contributed by atoms with Gasteiger partial charge in [-0.2, -0.15) is 0 Å². The summed E-state index contributed by atoms with van der Waals surface area (Å²) in [5.74, 6) is -5.37. The topological polar surface area (TPSA) is 146 Å². The van der Waals surface area contributed by atoms with Crippen LogP contribution in [0.5, 0.6) is 0 Å². The van der Waals surface area contributed by atoms with Crippen molar-refractivity contribution in [3.05, 3.63) is 12.2 Å². The SMILES string of the molecule is C=C(C(=O)O)C(CC(=O)OCCOC)(CC(=O)OCCOC)C(=O)O. The van der Waals surface area contributed by atoms with Gasteiger partial charge in [0.15, 0.2) is 0 Å². The Kier molecular flexibility index (Phi) is 10.1. The van der Waals surface area contributed by atoms with Crippen LogP contribution in [0.1, 0.15) is 12.8 Å². The number of hydrogen-bond donors (Lipinski definition) is 2. The summed E-state index contributed by atoms with van der Waals surface area (Å²) >= 11 is 0. The third-order valence-electron chi connectivity index (χ3n) is 3.24. The van der Waals surface area contributed by atoms with Crippen LogP contribution in [0.4, 0.5) is 0 Å². The number of methoxy groups -OCH3 is 2. The molecular formula is C15H22O10. The normalized spacial score (nSPS) is 10.8. The Hall–Kier alpha value is -2.46. The van der Waals surface area contributed by atoms with E-state index in [1.165, 1.54) is 14.2 Å². The molecule has 0 aliphatic carbocycles. The number of ether oxygens (including phenoxy) is 4. The zero-order valence-electron chi connectivity index (χ0n) is 14.1. The van der Waals surface area contributed by atoms with Crippen molar-refractivity contribution in [2.45, 2.75) is 12.8 Å². The molecule has 0 fully saturated rings. The van der Waals surface area contributed by atoms with Gasteiger partial charge in [0.05, 0.1) is 26.1 Å². The van der Waals surface area contributed by atoms with E-state index in [1.54, 1.807) is 0 Å². The lowest BCUT2D eigenvalue weighted by Gasteiger charge is -2.27. The van der Waals surface area contributed by atoms with Gasteiger partial charge < -0.3 is 29.2 Å². The van der Waals surface area contributed by atoms with E-state index in [1.807, 2.05) is 0 Å². The van der Waals surface area contributed by atoms with Crippen LogP contribution < -0.4 is 0 Å². The van der Waals surface area contributed by atoms with Crippen molar-refractivity contribution in [2.24, 2.45) is 5.41 Å². The third-order valence-corrected chi connectivity index (χ3v) is 3.24. The lowest BCUT2D eigenvalue weighted by atomic mass is 9.75. The van der Waals surface area contributed by atoms with E-state index in [9.17, 15) is 24.3 Å². The molecule has 2 N–H and O–H groups in total. The van der Waals surface area contributed by atoms with Crippen molar-refractivity contribution in [3.63, 3.8) is 0 Å². The maximum Gasteiger partial charge on any atom is 0.332 e. The van der Waals surface area contributed by atoms with Crippen molar-refractivity contribution in [3.8, 4) is 0 Å². The number of carboxylic acid groups (broad SMARTS) is 2. The molecule has 0 aliphatic heterocycles. The predicted octanol–water partition coefficient (Wildman–Crippen LogP) is -0.142. The van der Waals surface area contributed by atoms with Crippen molar-refractivity contribution in [1.29, 1.82) is 0 Å². The summed E-state index contributed by atoms with van der Waals surface area (Å²) in [5.41, 5.74) is -3.22. The van der Waals surface area contributed by atoms with E-state index in [4.69, 9.17) is 14.6 Å². The molecule has 0 radical (unpaired) electrons. The van der Waals surface area contributed by atoms with Crippen LogP contribution in [-0.4, -0.2) is 74.7 Å². The molecule has 0 amide bonds.